The maximum Gasteiger partial charge on any atom is 0.312 e. The Labute approximate surface area is 301 Å². The number of fused-ring (bicyclic) bond motifs is 3. The van der Waals surface area contributed by atoms with Crippen molar-refractivity contribution >= 4 is 28.6 Å². The predicted molar refractivity (Wildman–Crippen MR) is 198 cm³/mol. The van der Waals surface area contributed by atoms with Gasteiger partial charge in [0.15, 0.2) is 0 Å². The first-order valence-electron chi connectivity index (χ1n) is 18.7. The van der Waals surface area contributed by atoms with Crippen molar-refractivity contribution in [3.05, 3.63) is 83.4 Å². The van der Waals surface area contributed by atoms with Gasteiger partial charge in [-0.25, -0.2) is 0 Å². The molecule has 3 fully saturated rings. The first-order valence-corrected chi connectivity index (χ1v) is 18.7. The number of amides is 2. The number of rotatable bonds is 10. The van der Waals surface area contributed by atoms with Crippen LogP contribution in [0.4, 0.5) is 0 Å². The van der Waals surface area contributed by atoms with Gasteiger partial charge in [-0.05, 0) is 110 Å². The number of allylic oxidation sites excluding steroid dienone is 1. The van der Waals surface area contributed by atoms with Crippen LogP contribution in [0.3, 0.4) is 0 Å². The maximum absolute atomic E-state index is 14.0. The zero-order valence-corrected chi connectivity index (χ0v) is 30.6. The molecule has 8 heteroatoms. The predicted octanol–water partition coefficient (Wildman–Crippen LogP) is 7.84. The zero-order valence-electron chi connectivity index (χ0n) is 30.6. The van der Waals surface area contributed by atoms with E-state index in [9.17, 15) is 14.4 Å². The van der Waals surface area contributed by atoms with Crippen molar-refractivity contribution in [2.45, 2.75) is 104 Å². The minimum absolute atomic E-state index is 0.0405. The van der Waals surface area contributed by atoms with Crippen LogP contribution in [0.25, 0.3) is 10.8 Å². The second-order valence-electron chi connectivity index (χ2n) is 16.3. The van der Waals surface area contributed by atoms with Crippen LogP contribution in [0.15, 0.2) is 66.7 Å². The summed E-state index contributed by atoms with van der Waals surface area (Å²) in [5, 5.41) is 8.83. The van der Waals surface area contributed by atoms with Gasteiger partial charge >= 0.3 is 5.97 Å². The summed E-state index contributed by atoms with van der Waals surface area (Å²) in [5.41, 5.74) is 1.74. The van der Waals surface area contributed by atoms with Gasteiger partial charge in [-0.1, -0.05) is 74.9 Å². The molecule has 2 N–H and O–H groups in total. The maximum atomic E-state index is 14.0. The number of methoxy groups -OCH3 is 1. The standard InChI is InChI=1S/C43H52N2O6/c1-26-22-35(49-5)33(39(46)45-38-29-16-15-28(23-29)37(38)40(47)44-36-14-9-19-42(36,2)3)24-34(26)51-31-17-20-43(4,21-18-31)41(48)50-25-30-12-8-11-27-10-6-7-13-32(27)30/h6-8,10-13,15-16,22,24,28-29,31,36-38H,9,14,17-21,23,25H2,1-5H3,(H,44,47)(H,45,46)/t28-,29+,31-,36-,37+,38-,43+/m1/s1. The van der Waals surface area contributed by atoms with Crippen LogP contribution in [-0.4, -0.2) is 43.1 Å². The van der Waals surface area contributed by atoms with Gasteiger partial charge in [0, 0.05) is 12.1 Å². The summed E-state index contributed by atoms with van der Waals surface area (Å²) in [4.78, 5) is 41.0. The minimum atomic E-state index is -0.587. The van der Waals surface area contributed by atoms with E-state index < -0.39 is 5.41 Å². The largest absolute Gasteiger partial charge is 0.496 e. The average molecular weight is 693 g/mol. The number of aryl methyl sites for hydroxylation is 1. The number of hydrogen-bond donors (Lipinski definition) is 2. The highest BCUT2D eigenvalue weighted by Gasteiger charge is 2.50. The second kappa shape index (κ2) is 14.0. The molecule has 3 aromatic rings. The number of esters is 1. The third kappa shape index (κ3) is 6.98. The molecule has 3 saturated carbocycles. The van der Waals surface area contributed by atoms with Gasteiger partial charge in [-0.2, -0.15) is 0 Å². The number of carbonyl (C=O) groups excluding carboxylic acids is 3. The van der Waals surface area contributed by atoms with Crippen molar-refractivity contribution in [3.8, 4) is 11.5 Å². The normalized spacial score (nSPS) is 29.1. The first kappa shape index (κ1) is 35.1. The topological polar surface area (TPSA) is 103 Å². The Kier molecular flexibility index (Phi) is 9.63. The lowest BCUT2D eigenvalue weighted by atomic mass is 9.74. The molecule has 0 aromatic heterocycles. The summed E-state index contributed by atoms with van der Waals surface area (Å²) >= 11 is 0. The summed E-state index contributed by atoms with van der Waals surface area (Å²) in [5.74, 6) is 0.620. The summed E-state index contributed by atoms with van der Waals surface area (Å²) in [6.45, 7) is 8.63. The van der Waals surface area contributed by atoms with Gasteiger partial charge in [-0.15, -0.1) is 0 Å². The number of ether oxygens (including phenoxy) is 3. The van der Waals surface area contributed by atoms with E-state index >= 15 is 0 Å². The zero-order chi connectivity index (χ0) is 35.9. The highest BCUT2D eigenvalue weighted by atomic mass is 16.5. The molecule has 0 aliphatic heterocycles. The van der Waals surface area contributed by atoms with Gasteiger partial charge in [0.05, 0.1) is 30.1 Å². The minimum Gasteiger partial charge on any atom is -0.496 e. The van der Waals surface area contributed by atoms with Crippen LogP contribution in [0, 0.1) is 35.5 Å². The van der Waals surface area contributed by atoms with Crippen LogP contribution in [0.5, 0.6) is 11.5 Å². The number of nitrogens with one attached hydrogen (secondary N) is 2. The molecule has 2 bridgehead atoms. The van der Waals surface area contributed by atoms with E-state index in [0.29, 0.717) is 42.7 Å². The van der Waals surface area contributed by atoms with Crippen molar-refractivity contribution in [2.24, 2.45) is 28.6 Å². The number of carbonyl (C=O) groups is 3. The summed E-state index contributed by atoms with van der Waals surface area (Å²) in [6.07, 6.45) is 11.0. The van der Waals surface area contributed by atoms with Crippen molar-refractivity contribution in [2.75, 3.05) is 7.11 Å². The van der Waals surface area contributed by atoms with Crippen LogP contribution in [0.1, 0.15) is 93.6 Å². The third-order valence-electron chi connectivity index (χ3n) is 12.4. The monoisotopic (exact) mass is 692 g/mol. The van der Waals surface area contributed by atoms with Crippen LogP contribution < -0.4 is 20.1 Å². The molecule has 7 rings (SSSR count). The molecule has 51 heavy (non-hydrogen) atoms. The number of hydrogen-bond acceptors (Lipinski definition) is 6. The van der Waals surface area contributed by atoms with Crippen molar-refractivity contribution < 1.29 is 28.6 Å². The van der Waals surface area contributed by atoms with E-state index in [1.165, 1.54) is 0 Å². The molecule has 0 radical (unpaired) electrons. The Morgan fingerprint density at radius 2 is 1.61 bits per heavy atom. The smallest absolute Gasteiger partial charge is 0.312 e. The van der Waals surface area contributed by atoms with E-state index in [0.717, 1.165) is 47.6 Å². The van der Waals surface area contributed by atoms with Crippen LogP contribution >= 0.6 is 0 Å². The molecule has 8 nitrogen and oxygen atoms in total. The van der Waals surface area contributed by atoms with Crippen molar-refractivity contribution in [1.82, 2.24) is 10.6 Å². The fourth-order valence-electron chi connectivity index (χ4n) is 9.07. The lowest BCUT2D eigenvalue weighted by molar-refractivity contribution is -0.159. The Morgan fingerprint density at radius 1 is 0.863 bits per heavy atom. The molecule has 5 atom stereocenters. The lowest BCUT2D eigenvalue weighted by Crippen LogP contribution is -2.52. The lowest BCUT2D eigenvalue weighted by Gasteiger charge is -2.35. The highest BCUT2D eigenvalue weighted by Crippen LogP contribution is 2.46. The molecule has 270 valence electrons. The van der Waals surface area contributed by atoms with Crippen molar-refractivity contribution in [1.29, 1.82) is 0 Å². The fourth-order valence-corrected chi connectivity index (χ4v) is 9.07. The highest BCUT2D eigenvalue weighted by molar-refractivity contribution is 5.98. The van der Waals surface area contributed by atoms with Crippen LogP contribution in [0.2, 0.25) is 0 Å². The Bertz CT molecular complexity index is 1830. The van der Waals surface area contributed by atoms with E-state index in [1.807, 2.05) is 44.2 Å². The third-order valence-corrected chi connectivity index (χ3v) is 12.4. The molecule has 0 unspecified atom stereocenters. The van der Waals surface area contributed by atoms with E-state index in [2.05, 4.69) is 54.8 Å². The van der Waals surface area contributed by atoms with Gasteiger partial charge in [0.2, 0.25) is 5.91 Å². The molecule has 3 aromatic carbocycles. The molecule has 2 amide bonds. The van der Waals surface area contributed by atoms with E-state index in [-0.39, 0.29) is 65.7 Å². The second-order valence-corrected chi connectivity index (χ2v) is 16.3. The van der Waals surface area contributed by atoms with Gasteiger partial charge in [0.1, 0.15) is 18.1 Å². The average Bonchev–Trinajstić information content (AvgIpc) is 3.83. The van der Waals surface area contributed by atoms with Gasteiger partial charge in [-0.3, -0.25) is 14.4 Å². The Morgan fingerprint density at radius 3 is 2.35 bits per heavy atom. The van der Waals surface area contributed by atoms with E-state index in [1.54, 1.807) is 13.2 Å². The Balaban J connectivity index is 0.987. The quantitative estimate of drug-likeness (QED) is 0.166. The first-order chi connectivity index (χ1) is 24.5. The van der Waals surface area contributed by atoms with Crippen molar-refractivity contribution in [3.63, 3.8) is 0 Å². The molecule has 0 saturated heterocycles. The fraction of sp³-hybridized carbons (Fsp3) is 0.512. The molecular weight excluding hydrogens is 640 g/mol. The van der Waals surface area contributed by atoms with E-state index in [4.69, 9.17) is 14.2 Å². The molecule has 4 aliphatic rings. The molecular formula is C43H52N2O6. The SMILES string of the molecule is COc1cc(C)c(O[C@H]2CC[C@@](C)(C(=O)OCc3cccc4ccccc34)CC2)cc1C(=O)N[C@H]1[C@@H](C(=O)N[C@@H]2CCCC2(C)C)[C@@H]2C=C[C@H]1C2. The van der Waals surface area contributed by atoms with Crippen LogP contribution in [-0.2, 0) is 20.9 Å². The summed E-state index contributed by atoms with van der Waals surface area (Å²) < 4.78 is 18.1. The summed E-state index contributed by atoms with van der Waals surface area (Å²) in [6, 6.07) is 17.7. The molecule has 4 aliphatic carbocycles. The summed E-state index contributed by atoms with van der Waals surface area (Å²) in [7, 11) is 1.56. The number of benzene rings is 3. The Hall–Kier alpha value is -4.33. The molecule has 0 spiro atoms. The molecule has 0 heterocycles. The van der Waals surface area contributed by atoms with Gasteiger partial charge < -0.3 is 24.8 Å². The van der Waals surface area contributed by atoms with Gasteiger partial charge in [0.25, 0.3) is 5.91 Å².